The number of carboxylic acids is 3. The van der Waals surface area contributed by atoms with Gasteiger partial charge in [-0.05, 0) is 20.8 Å². The molecule has 0 aliphatic heterocycles. The van der Waals surface area contributed by atoms with Gasteiger partial charge in [-0.15, -0.1) is 0 Å². The van der Waals surface area contributed by atoms with E-state index in [9.17, 15) is 29.7 Å². The zero-order chi connectivity index (χ0) is 15.5. The van der Waals surface area contributed by atoms with Crippen molar-refractivity contribution < 1.29 is 85.0 Å². The molecule has 3 N–H and O–H groups in total. The van der Waals surface area contributed by atoms with E-state index >= 15 is 0 Å². The molecule has 0 aromatic rings. The van der Waals surface area contributed by atoms with Gasteiger partial charge in [0.05, 0.1) is 36.2 Å². The van der Waals surface area contributed by atoms with Gasteiger partial charge in [-0.3, -0.25) is 0 Å². The molecule has 0 saturated heterocycles. The summed E-state index contributed by atoms with van der Waals surface area (Å²) in [4.78, 5) is 28.0. The van der Waals surface area contributed by atoms with Crippen LogP contribution in [0.2, 0.25) is 0 Å². The van der Waals surface area contributed by atoms with Crippen molar-refractivity contribution in [2.45, 2.75) is 39.1 Å². The number of carboxylic acid groups (broad SMARTS) is 3. The molecule has 0 spiro atoms. The van der Waals surface area contributed by atoms with Crippen LogP contribution in [0.3, 0.4) is 0 Å². The minimum atomic E-state index is -1.44. The fourth-order valence-corrected chi connectivity index (χ4v) is 0. The summed E-state index contributed by atoms with van der Waals surface area (Å²) in [6.45, 7) is 3.40. The van der Waals surface area contributed by atoms with Gasteiger partial charge in [0.1, 0.15) is 0 Å². The van der Waals surface area contributed by atoms with E-state index in [1.807, 2.05) is 0 Å². The summed E-state index contributed by atoms with van der Waals surface area (Å²) >= 11 is 0. The van der Waals surface area contributed by atoms with Crippen molar-refractivity contribution in [2.75, 3.05) is 0 Å². The first-order chi connectivity index (χ1) is 7.93. The van der Waals surface area contributed by atoms with Crippen LogP contribution in [0.15, 0.2) is 0 Å². The first kappa shape index (κ1) is 27.0. The monoisotopic (exact) mass is 425 g/mol. The molecule has 0 fully saturated rings. The van der Waals surface area contributed by atoms with E-state index in [2.05, 4.69) is 0 Å². The number of rotatable bonds is 3. The van der Waals surface area contributed by atoms with E-state index < -0.39 is 36.2 Å². The molecule has 3 unspecified atom stereocenters. The number of carbonyl (C=O) groups is 3. The number of aliphatic hydroxyl groups is 3. The Balaban J connectivity index is -0.0000000865. The van der Waals surface area contributed by atoms with Crippen molar-refractivity contribution >= 4 is 17.9 Å². The maximum atomic E-state index is 9.34. The first-order valence-electron chi connectivity index (χ1n) is 4.60. The van der Waals surface area contributed by atoms with Crippen molar-refractivity contribution in [3.8, 4) is 0 Å². The number of hydrogen-bond acceptors (Lipinski definition) is 9. The van der Waals surface area contributed by atoms with E-state index in [4.69, 9.17) is 15.3 Å². The van der Waals surface area contributed by atoms with Gasteiger partial charge in [0.25, 0.3) is 0 Å². The average Bonchev–Trinajstić information content (AvgIpc) is 2.18. The van der Waals surface area contributed by atoms with Crippen molar-refractivity contribution in [2.24, 2.45) is 0 Å². The molecule has 0 aliphatic carbocycles. The largest absolute Gasteiger partial charge is 3.00 e. The Kier molecular flexibility index (Phi) is 22.3. The van der Waals surface area contributed by atoms with Crippen molar-refractivity contribution in [1.29, 1.82) is 0 Å². The third kappa shape index (κ3) is 31.8. The number of hydrogen-bond donors (Lipinski definition) is 3. The van der Waals surface area contributed by atoms with Gasteiger partial charge in [-0.2, -0.15) is 0 Å². The van der Waals surface area contributed by atoms with Gasteiger partial charge in [0, 0.05) is 0 Å². The molecule has 3 atom stereocenters. The van der Waals surface area contributed by atoms with E-state index in [1.165, 1.54) is 0 Å². The quantitative estimate of drug-likeness (QED) is 0.398. The topological polar surface area (TPSA) is 181 Å². The molecule has 0 aromatic heterocycles. The van der Waals surface area contributed by atoms with Gasteiger partial charge >= 0.3 is 39.9 Å². The van der Waals surface area contributed by atoms with Crippen molar-refractivity contribution in [1.82, 2.24) is 0 Å². The fourth-order valence-electron chi connectivity index (χ4n) is 0. The number of aliphatic hydroxyl groups excluding tert-OH is 3. The Morgan fingerprint density at radius 1 is 0.684 bits per heavy atom. The molecule has 1 radical (unpaired) electrons. The van der Waals surface area contributed by atoms with Crippen LogP contribution < -0.4 is 15.3 Å². The summed E-state index contributed by atoms with van der Waals surface area (Å²) in [6, 6.07) is 0. The van der Waals surface area contributed by atoms with Crippen LogP contribution in [-0.4, -0.2) is 51.5 Å². The molecule has 0 saturated carbocycles. The smallest absolute Gasteiger partial charge is 0.547 e. The van der Waals surface area contributed by atoms with Gasteiger partial charge in [-0.25, -0.2) is 0 Å². The van der Waals surface area contributed by atoms with E-state index in [1.54, 1.807) is 0 Å². The van der Waals surface area contributed by atoms with Gasteiger partial charge < -0.3 is 45.0 Å². The Bertz CT molecular complexity index is 220. The van der Waals surface area contributed by atoms with Crippen molar-refractivity contribution in [3.05, 3.63) is 0 Å². The zero-order valence-corrected chi connectivity index (χ0v) is 12.6. The number of aliphatic carboxylic acids is 3. The molecule has 0 aliphatic rings. The second-order valence-corrected chi connectivity index (χ2v) is 2.99. The second-order valence-electron chi connectivity index (χ2n) is 2.99. The summed E-state index contributed by atoms with van der Waals surface area (Å²) in [6.07, 6.45) is -4.03. The molecule has 0 heterocycles. The van der Waals surface area contributed by atoms with Gasteiger partial charge in [0.15, 0.2) is 0 Å². The van der Waals surface area contributed by atoms with Crippen LogP contribution in [-0.2, 0) is 14.4 Å². The summed E-state index contributed by atoms with van der Waals surface area (Å²) in [7, 11) is 0. The van der Waals surface area contributed by atoms with Crippen LogP contribution in [0.1, 0.15) is 20.8 Å². The molecule has 113 valence electrons. The Morgan fingerprint density at radius 2 is 0.737 bits per heavy atom. The number of carbonyl (C=O) groups excluding carboxylic acids is 3. The van der Waals surface area contributed by atoms with E-state index in [0.29, 0.717) is 0 Å². The summed E-state index contributed by atoms with van der Waals surface area (Å²) in [5.41, 5.74) is 0. The third-order valence-corrected chi connectivity index (χ3v) is 1.02. The van der Waals surface area contributed by atoms with E-state index in [-0.39, 0.29) is 39.9 Å². The second kappa shape index (κ2) is 15.7. The first-order valence-corrected chi connectivity index (χ1v) is 4.60. The molecule has 19 heavy (non-hydrogen) atoms. The molecule has 0 rings (SSSR count). The SMILES string of the molecule is CC(O)C(=O)[O-].CC(O)C(=O)[O-].CC(O)C(=O)[O-].[Gd+3]. The van der Waals surface area contributed by atoms with Gasteiger partial charge in [-0.1, -0.05) is 0 Å². The van der Waals surface area contributed by atoms with Crippen LogP contribution >= 0.6 is 0 Å². The maximum absolute atomic E-state index is 9.34. The van der Waals surface area contributed by atoms with Crippen molar-refractivity contribution in [3.63, 3.8) is 0 Å². The fraction of sp³-hybridized carbons (Fsp3) is 0.667. The molecule has 0 bridgehead atoms. The van der Waals surface area contributed by atoms with Crippen LogP contribution in [0, 0.1) is 39.9 Å². The van der Waals surface area contributed by atoms with E-state index in [0.717, 1.165) is 20.8 Å². The maximum Gasteiger partial charge on any atom is 3.00 e. The summed E-state index contributed by atoms with van der Waals surface area (Å²) in [5.74, 6) is -4.31. The predicted molar refractivity (Wildman–Crippen MR) is 50.1 cm³/mol. The summed E-state index contributed by atoms with van der Waals surface area (Å²) in [5, 5.41) is 51.9. The van der Waals surface area contributed by atoms with Crippen LogP contribution in [0.4, 0.5) is 0 Å². The minimum Gasteiger partial charge on any atom is -0.547 e. The van der Waals surface area contributed by atoms with Crippen LogP contribution in [0.5, 0.6) is 0 Å². The third-order valence-electron chi connectivity index (χ3n) is 1.02. The molecule has 0 amide bonds. The Labute approximate surface area is 141 Å². The zero-order valence-electron chi connectivity index (χ0n) is 10.4. The minimum absolute atomic E-state index is 0. The van der Waals surface area contributed by atoms with Crippen LogP contribution in [0.25, 0.3) is 0 Å². The normalized spacial score (nSPS) is 12.9. The predicted octanol–water partition coefficient (Wildman–Crippen LogP) is -5.65. The average molecular weight is 424 g/mol. The van der Waals surface area contributed by atoms with Gasteiger partial charge in [0.2, 0.25) is 0 Å². The molecule has 0 aromatic carbocycles. The molecular weight excluding hydrogens is 409 g/mol. The molecule has 9 nitrogen and oxygen atoms in total. The Hall–Kier alpha value is -0.385. The molecule has 10 heteroatoms. The summed E-state index contributed by atoms with van der Waals surface area (Å²) < 4.78 is 0. The standard InChI is InChI=1S/3C3H6O3.Gd/c3*1-2(4)3(5)6;/h3*2,4H,1H3,(H,5,6);/q;;;+3/p-3. The Morgan fingerprint density at radius 3 is 0.737 bits per heavy atom. The molecular formula is C9H15GdO9.